The van der Waals surface area contributed by atoms with Crippen molar-refractivity contribution in [2.75, 3.05) is 26.3 Å². The van der Waals surface area contributed by atoms with Crippen molar-refractivity contribution < 1.29 is 19.1 Å². The van der Waals surface area contributed by atoms with Crippen molar-refractivity contribution in [3.8, 4) is 22.5 Å². The molecule has 0 aliphatic carbocycles. The first-order valence-corrected chi connectivity index (χ1v) is 12.7. The number of nitrogens with one attached hydrogen (secondary N) is 1. The Kier molecular flexibility index (Phi) is 6.10. The number of morpholine rings is 1. The topological polar surface area (TPSA) is 96.8 Å². The van der Waals surface area contributed by atoms with E-state index < -0.39 is 11.9 Å². The Morgan fingerprint density at radius 3 is 2.54 bits per heavy atom. The zero-order chi connectivity index (χ0) is 25.5. The second-order valence-electron chi connectivity index (χ2n) is 9.91. The third kappa shape index (κ3) is 4.45. The number of benzene rings is 2. The molecule has 3 aliphatic rings. The van der Waals surface area contributed by atoms with Crippen LogP contribution in [0.3, 0.4) is 0 Å². The number of aromatic nitrogens is 2. The first-order chi connectivity index (χ1) is 18.0. The molecule has 0 bridgehead atoms. The summed E-state index contributed by atoms with van der Waals surface area (Å²) in [4.78, 5) is 45.6. The average molecular weight is 500 g/mol. The van der Waals surface area contributed by atoms with Crippen LogP contribution < -0.4 is 5.32 Å². The van der Waals surface area contributed by atoms with E-state index in [1.165, 1.54) is 5.56 Å². The van der Waals surface area contributed by atoms with Gasteiger partial charge in [0.15, 0.2) is 0 Å². The van der Waals surface area contributed by atoms with E-state index >= 15 is 0 Å². The molecule has 1 unspecified atom stereocenters. The molecule has 9 nitrogen and oxygen atoms in total. The number of hydrogen-bond donors (Lipinski definition) is 1. The van der Waals surface area contributed by atoms with Gasteiger partial charge in [0.2, 0.25) is 11.8 Å². The van der Waals surface area contributed by atoms with Crippen molar-refractivity contribution in [3.05, 3.63) is 65.5 Å². The maximum atomic E-state index is 13.1. The SMILES string of the molecule is Cn1cnc(-c2ccc3c(c2)CN(C2CCC(=O)NC2=O)C3=O)c1-c1ccc(CN2CCOCC2)cc1. The van der Waals surface area contributed by atoms with E-state index in [0.29, 0.717) is 18.5 Å². The number of ether oxygens (including phenoxy) is 1. The second-order valence-corrected chi connectivity index (χ2v) is 9.91. The highest BCUT2D eigenvalue weighted by molar-refractivity contribution is 6.05. The highest BCUT2D eigenvalue weighted by atomic mass is 16.5. The van der Waals surface area contributed by atoms with Crippen molar-refractivity contribution >= 4 is 17.7 Å². The number of rotatable bonds is 5. The van der Waals surface area contributed by atoms with Gasteiger partial charge in [-0.15, -0.1) is 0 Å². The molecule has 1 N–H and O–H groups in total. The molecule has 9 heteroatoms. The minimum absolute atomic E-state index is 0.173. The van der Waals surface area contributed by atoms with Gasteiger partial charge < -0.3 is 14.2 Å². The fourth-order valence-electron chi connectivity index (χ4n) is 5.49. The van der Waals surface area contributed by atoms with E-state index in [-0.39, 0.29) is 18.2 Å². The van der Waals surface area contributed by atoms with E-state index in [4.69, 9.17) is 9.72 Å². The molecule has 3 aliphatic heterocycles. The van der Waals surface area contributed by atoms with Crippen LogP contribution in [0.5, 0.6) is 0 Å². The lowest BCUT2D eigenvalue weighted by Gasteiger charge is -2.29. The number of amides is 3. The Morgan fingerprint density at radius 1 is 1.03 bits per heavy atom. The molecule has 1 aromatic heterocycles. The summed E-state index contributed by atoms with van der Waals surface area (Å²) in [5.41, 5.74) is 6.57. The van der Waals surface area contributed by atoms with Crippen LogP contribution in [0.15, 0.2) is 48.8 Å². The number of carbonyl (C=O) groups is 3. The van der Waals surface area contributed by atoms with Crippen LogP contribution >= 0.6 is 0 Å². The van der Waals surface area contributed by atoms with Crippen molar-refractivity contribution in [2.45, 2.75) is 32.0 Å². The predicted octanol–water partition coefficient (Wildman–Crippen LogP) is 2.35. The molecule has 0 saturated carbocycles. The van der Waals surface area contributed by atoms with E-state index in [0.717, 1.165) is 60.9 Å². The van der Waals surface area contributed by atoms with E-state index in [1.807, 2.05) is 29.8 Å². The molecule has 3 amide bonds. The minimum Gasteiger partial charge on any atom is -0.379 e. The predicted molar refractivity (Wildman–Crippen MR) is 136 cm³/mol. The minimum atomic E-state index is -0.623. The molecule has 2 fully saturated rings. The van der Waals surface area contributed by atoms with E-state index in [2.05, 4.69) is 34.5 Å². The van der Waals surface area contributed by atoms with Gasteiger partial charge in [0.05, 0.1) is 30.9 Å². The van der Waals surface area contributed by atoms with Crippen LogP contribution in [0.1, 0.15) is 34.3 Å². The van der Waals surface area contributed by atoms with E-state index in [9.17, 15) is 14.4 Å². The first kappa shape index (κ1) is 23.6. The van der Waals surface area contributed by atoms with Gasteiger partial charge in [0.25, 0.3) is 5.91 Å². The van der Waals surface area contributed by atoms with Gasteiger partial charge in [-0.1, -0.05) is 30.3 Å². The molecule has 37 heavy (non-hydrogen) atoms. The Morgan fingerprint density at radius 2 is 1.78 bits per heavy atom. The Balaban J connectivity index is 1.24. The van der Waals surface area contributed by atoms with Gasteiger partial charge in [-0.25, -0.2) is 4.98 Å². The molecule has 1 atom stereocenters. The third-order valence-electron chi connectivity index (χ3n) is 7.47. The molecule has 0 spiro atoms. The monoisotopic (exact) mass is 499 g/mol. The second kappa shape index (κ2) is 9.57. The van der Waals surface area contributed by atoms with Gasteiger partial charge in [-0.05, 0) is 29.7 Å². The number of imidazole rings is 1. The summed E-state index contributed by atoms with van der Waals surface area (Å²) < 4.78 is 7.46. The Bertz CT molecular complexity index is 1370. The van der Waals surface area contributed by atoms with Crippen molar-refractivity contribution in [1.29, 1.82) is 0 Å². The summed E-state index contributed by atoms with van der Waals surface area (Å²) in [6, 6.07) is 13.7. The van der Waals surface area contributed by atoms with Crippen molar-refractivity contribution in [2.24, 2.45) is 7.05 Å². The Labute approximate surface area is 215 Å². The standard InChI is InChI=1S/C28H29N5O4/c1-31-17-29-25(26(31)19-4-2-18(3-5-19)15-32-10-12-37-13-11-32)20-6-7-22-21(14-20)16-33(28(22)36)23-8-9-24(34)30-27(23)35/h2-7,14,17,23H,8-13,15-16H2,1H3,(H,30,34,35). The van der Waals surface area contributed by atoms with Crippen LogP contribution in [0, 0.1) is 0 Å². The van der Waals surface area contributed by atoms with E-state index in [1.54, 1.807) is 11.2 Å². The molecular formula is C28H29N5O4. The summed E-state index contributed by atoms with van der Waals surface area (Å²) in [6.45, 7) is 4.73. The number of fused-ring (bicyclic) bond motifs is 1. The molecule has 2 saturated heterocycles. The smallest absolute Gasteiger partial charge is 0.255 e. The molecule has 3 aromatic rings. The Hall–Kier alpha value is -3.82. The van der Waals surface area contributed by atoms with Crippen molar-refractivity contribution in [3.63, 3.8) is 0 Å². The van der Waals surface area contributed by atoms with Gasteiger partial charge in [0, 0.05) is 56.3 Å². The quantitative estimate of drug-likeness (QED) is 0.542. The first-order valence-electron chi connectivity index (χ1n) is 12.7. The molecular weight excluding hydrogens is 470 g/mol. The maximum absolute atomic E-state index is 13.1. The van der Waals surface area contributed by atoms with Crippen LogP contribution in [0.4, 0.5) is 0 Å². The summed E-state index contributed by atoms with van der Waals surface area (Å²) >= 11 is 0. The zero-order valence-corrected chi connectivity index (χ0v) is 20.8. The number of imide groups is 1. The number of carbonyl (C=O) groups excluding carboxylic acids is 3. The molecule has 0 radical (unpaired) electrons. The summed E-state index contributed by atoms with van der Waals surface area (Å²) in [7, 11) is 1.98. The normalized spacial score (nSPS) is 20.3. The lowest BCUT2D eigenvalue weighted by molar-refractivity contribution is -0.136. The van der Waals surface area contributed by atoms with Crippen LogP contribution in [0.25, 0.3) is 22.5 Å². The highest BCUT2D eigenvalue weighted by Crippen LogP contribution is 2.35. The third-order valence-corrected chi connectivity index (χ3v) is 7.47. The van der Waals surface area contributed by atoms with Gasteiger partial charge in [-0.3, -0.25) is 24.6 Å². The molecule has 6 rings (SSSR count). The fourth-order valence-corrected chi connectivity index (χ4v) is 5.49. The van der Waals surface area contributed by atoms with Gasteiger partial charge in [0.1, 0.15) is 6.04 Å². The average Bonchev–Trinajstić information content (AvgIpc) is 3.44. The fraction of sp³-hybridized carbons (Fsp3) is 0.357. The van der Waals surface area contributed by atoms with Crippen LogP contribution in [-0.2, 0) is 34.5 Å². The molecule has 4 heterocycles. The summed E-state index contributed by atoms with van der Waals surface area (Å²) in [5.74, 6) is -0.862. The van der Waals surface area contributed by atoms with Gasteiger partial charge in [-0.2, -0.15) is 0 Å². The van der Waals surface area contributed by atoms with Crippen LogP contribution in [0.2, 0.25) is 0 Å². The highest BCUT2D eigenvalue weighted by Gasteiger charge is 2.39. The largest absolute Gasteiger partial charge is 0.379 e. The number of hydrogen-bond acceptors (Lipinski definition) is 6. The van der Waals surface area contributed by atoms with Crippen molar-refractivity contribution in [1.82, 2.24) is 24.7 Å². The summed E-state index contributed by atoms with van der Waals surface area (Å²) in [5, 5.41) is 2.35. The lowest BCUT2D eigenvalue weighted by Crippen LogP contribution is -2.52. The number of nitrogens with zero attached hydrogens (tertiary/aromatic N) is 4. The lowest BCUT2D eigenvalue weighted by atomic mass is 10.00. The number of aryl methyl sites for hydroxylation is 1. The molecule has 2 aromatic carbocycles. The maximum Gasteiger partial charge on any atom is 0.255 e. The van der Waals surface area contributed by atoms with Gasteiger partial charge >= 0.3 is 0 Å². The molecule has 190 valence electrons. The number of piperidine rings is 1. The summed E-state index contributed by atoms with van der Waals surface area (Å²) in [6.07, 6.45) is 2.40. The van der Waals surface area contributed by atoms with Crippen LogP contribution in [-0.4, -0.2) is 69.4 Å². The zero-order valence-electron chi connectivity index (χ0n) is 20.8.